The fourth-order valence-corrected chi connectivity index (χ4v) is 2.47. The van der Waals surface area contributed by atoms with Crippen LogP contribution in [-0.4, -0.2) is 48.0 Å². The molecule has 3 atom stereocenters. The predicted octanol–water partition coefficient (Wildman–Crippen LogP) is -1.58. The molecule has 3 heterocycles. The summed E-state index contributed by atoms with van der Waals surface area (Å²) >= 11 is 0. The molecule has 10 heteroatoms. The molecule has 0 radical (unpaired) electrons. The van der Waals surface area contributed by atoms with Crippen LogP contribution in [0.5, 0.6) is 0 Å². The largest absolute Gasteiger partial charge is 0.394 e. The lowest BCUT2D eigenvalue weighted by atomic mass is 10.0. The number of aromatic amines is 2. The fourth-order valence-electron chi connectivity index (χ4n) is 2.47. The quantitative estimate of drug-likeness (QED) is 0.621. The highest BCUT2D eigenvalue weighted by atomic mass is 16.5. The van der Waals surface area contributed by atoms with Gasteiger partial charge in [0.05, 0.1) is 18.6 Å². The molecule has 21 heavy (non-hydrogen) atoms. The standard InChI is InChI=1S/C11H14N6O4/c1-5-3-17(11(20)12-10(5)19)8-2-6(7(4-18)21-8)9-13-15-16-14-9/h3,6-8,18H,2,4H2,1H3,(H,12,19,20)(H,13,14,15,16)/t6-,7+,8+/m0/s1. The molecule has 0 saturated carbocycles. The number of hydrogen-bond acceptors (Lipinski definition) is 7. The number of tetrazole rings is 1. The van der Waals surface area contributed by atoms with E-state index in [4.69, 9.17) is 4.74 Å². The van der Waals surface area contributed by atoms with Crippen molar-refractivity contribution in [2.45, 2.75) is 31.6 Å². The molecule has 3 rings (SSSR count). The van der Waals surface area contributed by atoms with Gasteiger partial charge in [-0.25, -0.2) is 4.79 Å². The molecule has 0 aliphatic carbocycles. The third-order valence-corrected chi connectivity index (χ3v) is 3.57. The minimum Gasteiger partial charge on any atom is -0.394 e. The summed E-state index contributed by atoms with van der Waals surface area (Å²) in [5, 5.41) is 23.0. The normalized spacial score (nSPS) is 25.3. The second kappa shape index (κ2) is 5.22. The molecule has 0 unspecified atom stereocenters. The van der Waals surface area contributed by atoms with Gasteiger partial charge in [-0.1, -0.05) is 5.21 Å². The number of nitrogens with one attached hydrogen (secondary N) is 2. The van der Waals surface area contributed by atoms with Crippen LogP contribution in [-0.2, 0) is 4.74 Å². The second-order valence-electron chi connectivity index (χ2n) is 4.90. The Morgan fingerprint density at radius 1 is 1.52 bits per heavy atom. The molecule has 2 aromatic rings. The average molecular weight is 294 g/mol. The Morgan fingerprint density at radius 3 is 3.00 bits per heavy atom. The smallest absolute Gasteiger partial charge is 0.330 e. The summed E-state index contributed by atoms with van der Waals surface area (Å²) in [6.07, 6.45) is 0.704. The van der Waals surface area contributed by atoms with Gasteiger partial charge in [0.2, 0.25) is 0 Å². The molecule has 1 aliphatic heterocycles. The maximum atomic E-state index is 11.9. The number of aliphatic hydroxyl groups excluding tert-OH is 1. The first-order chi connectivity index (χ1) is 10.1. The SMILES string of the molecule is Cc1cn([C@H]2C[C@H](c3nn[nH]n3)[C@@H](CO)O2)c(=O)[nH]c1=O. The Bertz CT molecular complexity index is 736. The first-order valence-corrected chi connectivity index (χ1v) is 6.42. The van der Waals surface area contributed by atoms with Crippen LogP contribution in [0.4, 0.5) is 0 Å². The zero-order valence-electron chi connectivity index (χ0n) is 11.2. The molecule has 1 fully saturated rings. The van der Waals surface area contributed by atoms with E-state index in [1.54, 1.807) is 6.92 Å². The molecule has 112 valence electrons. The Morgan fingerprint density at radius 2 is 2.33 bits per heavy atom. The van der Waals surface area contributed by atoms with E-state index in [1.165, 1.54) is 10.8 Å². The molecule has 0 bridgehead atoms. The van der Waals surface area contributed by atoms with Crippen LogP contribution in [0.15, 0.2) is 15.8 Å². The lowest BCUT2D eigenvalue weighted by Crippen LogP contribution is -2.33. The zero-order chi connectivity index (χ0) is 15.0. The van der Waals surface area contributed by atoms with E-state index in [9.17, 15) is 14.7 Å². The van der Waals surface area contributed by atoms with Crippen molar-refractivity contribution >= 4 is 0 Å². The highest BCUT2D eigenvalue weighted by Gasteiger charge is 2.39. The van der Waals surface area contributed by atoms with Gasteiger partial charge in [-0.15, -0.1) is 10.2 Å². The number of H-pyrrole nitrogens is 2. The summed E-state index contributed by atoms with van der Waals surface area (Å²) in [6.45, 7) is 1.37. The van der Waals surface area contributed by atoms with Crippen molar-refractivity contribution in [1.82, 2.24) is 30.2 Å². The van der Waals surface area contributed by atoms with Gasteiger partial charge in [-0.2, -0.15) is 5.21 Å². The molecule has 0 spiro atoms. The van der Waals surface area contributed by atoms with Gasteiger partial charge in [0.1, 0.15) is 6.23 Å². The second-order valence-corrected chi connectivity index (χ2v) is 4.90. The Labute approximate surface area is 117 Å². The van der Waals surface area contributed by atoms with Crippen LogP contribution < -0.4 is 11.2 Å². The predicted molar refractivity (Wildman–Crippen MR) is 68.6 cm³/mol. The summed E-state index contributed by atoms with van der Waals surface area (Å²) in [5.41, 5.74) is -0.578. The molecular formula is C11H14N6O4. The number of aliphatic hydroxyl groups is 1. The van der Waals surface area contributed by atoms with E-state index >= 15 is 0 Å². The Kier molecular flexibility index (Phi) is 3.39. The monoisotopic (exact) mass is 294 g/mol. The first-order valence-electron chi connectivity index (χ1n) is 6.42. The van der Waals surface area contributed by atoms with Gasteiger partial charge in [0, 0.05) is 18.2 Å². The highest BCUT2D eigenvalue weighted by Crippen LogP contribution is 2.37. The molecule has 3 N–H and O–H groups in total. The van der Waals surface area contributed by atoms with E-state index in [-0.39, 0.29) is 12.5 Å². The summed E-state index contributed by atoms with van der Waals surface area (Å²) < 4.78 is 6.98. The summed E-state index contributed by atoms with van der Waals surface area (Å²) in [7, 11) is 0. The van der Waals surface area contributed by atoms with E-state index in [0.717, 1.165) is 0 Å². The van der Waals surface area contributed by atoms with Gasteiger partial charge >= 0.3 is 5.69 Å². The summed E-state index contributed by atoms with van der Waals surface area (Å²) in [5.74, 6) is 0.142. The van der Waals surface area contributed by atoms with E-state index in [0.29, 0.717) is 17.8 Å². The number of nitrogens with zero attached hydrogens (tertiary/aromatic N) is 4. The highest BCUT2D eigenvalue weighted by molar-refractivity contribution is 5.04. The maximum Gasteiger partial charge on any atom is 0.330 e. The zero-order valence-corrected chi connectivity index (χ0v) is 11.2. The molecule has 2 aromatic heterocycles. The maximum absolute atomic E-state index is 11.9. The van der Waals surface area contributed by atoms with Crippen molar-refractivity contribution in [2.24, 2.45) is 0 Å². The van der Waals surface area contributed by atoms with E-state index in [2.05, 4.69) is 25.6 Å². The van der Waals surface area contributed by atoms with Crippen LogP contribution in [0, 0.1) is 6.92 Å². The number of rotatable bonds is 3. The molecule has 0 amide bonds. The number of ether oxygens (including phenoxy) is 1. The molecular weight excluding hydrogens is 280 g/mol. The summed E-state index contributed by atoms with van der Waals surface area (Å²) in [4.78, 5) is 25.5. The van der Waals surface area contributed by atoms with Crippen LogP contribution in [0.25, 0.3) is 0 Å². The number of aromatic nitrogens is 6. The lowest BCUT2D eigenvalue weighted by Gasteiger charge is -2.14. The topological polar surface area (TPSA) is 139 Å². The minimum absolute atomic E-state index is 0.229. The number of aryl methyl sites for hydroxylation is 1. The van der Waals surface area contributed by atoms with Crippen molar-refractivity contribution in [3.05, 3.63) is 38.4 Å². The van der Waals surface area contributed by atoms with Crippen molar-refractivity contribution in [1.29, 1.82) is 0 Å². The minimum atomic E-state index is -0.603. The third kappa shape index (κ3) is 2.38. The van der Waals surface area contributed by atoms with Crippen LogP contribution >= 0.6 is 0 Å². The van der Waals surface area contributed by atoms with Crippen LogP contribution in [0.3, 0.4) is 0 Å². The van der Waals surface area contributed by atoms with Gasteiger partial charge in [-0.3, -0.25) is 14.3 Å². The van der Waals surface area contributed by atoms with Crippen LogP contribution in [0.1, 0.15) is 30.0 Å². The first kappa shape index (κ1) is 13.6. The number of hydrogen-bond donors (Lipinski definition) is 3. The van der Waals surface area contributed by atoms with Crippen LogP contribution in [0.2, 0.25) is 0 Å². The molecule has 1 aliphatic rings. The van der Waals surface area contributed by atoms with Gasteiger partial charge in [0.25, 0.3) is 5.56 Å². The van der Waals surface area contributed by atoms with Gasteiger partial charge < -0.3 is 9.84 Å². The molecule has 1 saturated heterocycles. The van der Waals surface area contributed by atoms with Gasteiger partial charge in [0.15, 0.2) is 5.82 Å². The lowest BCUT2D eigenvalue weighted by molar-refractivity contribution is -0.0280. The van der Waals surface area contributed by atoms with Gasteiger partial charge in [-0.05, 0) is 6.92 Å². The molecule has 10 nitrogen and oxygen atoms in total. The third-order valence-electron chi connectivity index (χ3n) is 3.57. The Hall–Kier alpha value is -2.33. The Balaban J connectivity index is 1.93. The van der Waals surface area contributed by atoms with Crippen molar-refractivity contribution in [3.63, 3.8) is 0 Å². The van der Waals surface area contributed by atoms with Crippen molar-refractivity contribution < 1.29 is 9.84 Å². The van der Waals surface area contributed by atoms with E-state index < -0.39 is 23.6 Å². The van der Waals surface area contributed by atoms with Crippen molar-refractivity contribution in [2.75, 3.05) is 6.61 Å². The summed E-state index contributed by atoms with van der Waals surface area (Å²) in [6, 6.07) is 0. The fraction of sp³-hybridized carbons (Fsp3) is 0.545. The molecule has 0 aromatic carbocycles. The average Bonchev–Trinajstić information content (AvgIpc) is 3.10. The van der Waals surface area contributed by atoms with Crippen molar-refractivity contribution in [3.8, 4) is 0 Å². The van der Waals surface area contributed by atoms with E-state index in [1.807, 2.05) is 0 Å².